The number of aryl methyl sites for hydroxylation is 1. The van der Waals surface area contributed by atoms with E-state index >= 15 is 0 Å². The zero-order valence-electron chi connectivity index (χ0n) is 10.9. The summed E-state index contributed by atoms with van der Waals surface area (Å²) in [7, 11) is 0. The number of benzene rings is 1. The van der Waals surface area contributed by atoms with Crippen molar-refractivity contribution in [3.8, 4) is 0 Å². The van der Waals surface area contributed by atoms with Crippen molar-refractivity contribution in [1.29, 1.82) is 0 Å². The number of rotatable bonds is 1. The summed E-state index contributed by atoms with van der Waals surface area (Å²) in [4.78, 5) is 10.4. The second kappa shape index (κ2) is 4.46. The highest BCUT2D eigenvalue weighted by Crippen LogP contribution is 2.27. The van der Waals surface area contributed by atoms with E-state index in [4.69, 9.17) is 0 Å². The van der Waals surface area contributed by atoms with Crippen molar-refractivity contribution in [2.24, 2.45) is 9.98 Å². The molecule has 96 valence electrons. The maximum atomic E-state index is 14.4. The minimum atomic E-state index is -0.180. The lowest BCUT2D eigenvalue weighted by atomic mass is 10.0. The maximum absolute atomic E-state index is 14.4. The highest BCUT2D eigenvalue weighted by Gasteiger charge is 2.20. The summed E-state index contributed by atoms with van der Waals surface area (Å²) in [5.74, 6) is -0.180. The van der Waals surface area contributed by atoms with Crippen LogP contribution in [0.3, 0.4) is 0 Å². The summed E-state index contributed by atoms with van der Waals surface area (Å²) in [5, 5.41) is 0. The molecule has 0 spiro atoms. The van der Waals surface area contributed by atoms with Crippen molar-refractivity contribution in [3.63, 3.8) is 0 Å². The molecule has 0 aromatic heterocycles. The third kappa shape index (κ3) is 1.99. The van der Waals surface area contributed by atoms with Crippen LogP contribution >= 0.6 is 0 Å². The molecule has 0 fully saturated rings. The molecule has 3 rings (SSSR count). The molecule has 4 heteroatoms. The van der Waals surface area contributed by atoms with Gasteiger partial charge in [0, 0.05) is 18.0 Å². The molecule has 0 aliphatic carbocycles. The van der Waals surface area contributed by atoms with Crippen LogP contribution in [0.15, 0.2) is 40.7 Å². The van der Waals surface area contributed by atoms with Gasteiger partial charge < -0.3 is 4.90 Å². The summed E-state index contributed by atoms with van der Waals surface area (Å²) in [6.07, 6.45) is 6.95. The number of halogens is 1. The van der Waals surface area contributed by atoms with Crippen LogP contribution in [0.4, 0.5) is 4.39 Å². The van der Waals surface area contributed by atoms with Crippen molar-refractivity contribution in [2.45, 2.75) is 13.8 Å². The van der Waals surface area contributed by atoms with Gasteiger partial charge in [-0.1, -0.05) is 6.07 Å². The third-order valence-corrected chi connectivity index (χ3v) is 3.48. The topological polar surface area (TPSA) is 28.0 Å². The molecule has 0 saturated heterocycles. The Morgan fingerprint density at radius 1 is 1.26 bits per heavy atom. The normalized spacial score (nSPS) is 17.1. The number of hydrogen-bond acceptors (Lipinski definition) is 3. The molecule has 0 atom stereocenters. The van der Waals surface area contributed by atoms with Gasteiger partial charge in [0.2, 0.25) is 0 Å². The minimum Gasteiger partial charge on any atom is -0.339 e. The summed E-state index contributed by atoms with van der Waals surface area (Å²) >= 11 is 0. The molecule has 2 bridgehead atoms. The predicted octanol–water partition coefficient (Wildman–Crippen LogP) is 3.05. The van der Waals surface area contributed by atoms with Crippen LogP contribution in [0.5, 0.6) is 0 Å². The van der Waals surface area contributed by atoms with E-state index < -0.39 is 0 Å². The fourth-order valence-corrected chi connectivity index (χ4v) is 2.19. The number of fused-ring (bicyclic) bond motifs is 2. The average molecular weight is 255 g/mol. The van der Waals surface area contributed by atoms with Crippen LogP contribution in [0.25, 0.3) is 5.70 Å². The Morgan fingerprint density at radius 3 is 2.95 bits per heavy atom. The first-order valence-corrected chi connectivity index (χ1v) is 6.16. The van der Waals surface area contributed by atoms with Gasteiger partial charge in [0.15, 0.2) is 0 Å². The monoisotopic (exact) mass is 255 g/mol. The van der Waals surface area contributed by atoms with Crippen LogP contribution in [-0.2, 0) is 0 Å². The Bertz CT molecular complexity index is 654. The highest BCUT2D eigenvalue weighted by atomic mass is 19.1. The van der Waals surface area contributed by atoms with E-state index in [9.17, 15) is 4.39 Å². The quantitative estimate of drug-likeness (QED) is 0.758. The van der Waals surface area contributed by atoms with Gasteiger partial charge in [-0.3, -0.25) is 9.98 Å². The second-order valence-electron chi connectivity index (χ2n) is 4.71. The Balaban J connectivity index is 2.10. The van der Waals surface area contributed by atoms with Crippen LogP contribution in [0.1, 0.15) is 16.7 Å². The van der Waals surface area contributed by atoms with Crippen LogP contribution in [0, 0.1) is 19.7 Å². The van der Waals surface area contributed by atoms with Crippen molar-refractivity contribution >= 4 is 17.6 Å². The SMILES string of the molecule is Cc1ccc(C2=CN=CC3=NC=CN2C3)c(F)c1C. The van der Waals surface area contributed by atoms with Gasteiger partial charge in [-0.25, -0.2) is 4.39 Å². The van der Waals surface area contributed by atoms with Crippen molar-refractivity contribution in [3.05, 3.63) is 53.2 Å². The van der Waals surface area contributed by atoms with Crippen LogP contribution in [0.2, 0.25) is 0 Å². The molecule has 2 aliphatic rings. The van der Waals surface area contributed by atoms with Gasteiger partial charge in [-0.15, -0.1) is 0 Å². The van der Waals surface area contributed by atoms with Gasteiger partial charge in [-0.05, 0) is 31.0 Å². The molecule has 2 aliphatic heterocycles. The molecule has 0 N–H and O–H groups in total. The standard InChI is InChI=1S/C15H14FN3/c1-10-3-4-13(15(16)11(10)2)14-8-17-7-12-9-19(14)6-5-18-12/h3-8H,9H2,1-2H3. The van der Waals surface area contributed by atoms with Gasteiger partial charge in [0.05, 0.1) is 30.4 Å². The van der Waals surface area contributed by atoms with Crippen molar-refractivity contribution < 1.29 is 4.39 Å². The van der Waals surface area contributed by atoms with Crippen LogP contribution < -0.4 is 0 Å². The van der Waals surface area contributed by atoms with Gasteiger partial charge in [0.1, 0.15) is 5.82 Å². The molecule has 0 amide bonds. The lowest BCUT2D eigenvalue weighted by Crippen LogP contribution is -2.26. The molecule has 19 heavy (non-hydrogen) atoms. The Hall–Kier alpha value is -2.23. The van der Waals surface area contributed by atoms with E-state index in [2.05, 4.69) is 9.98 Å². The van der Waals surface area contributed by atoms with Crippen LogP contribution in [-0.4, -0.2) is 23.4 Å². The Kier molecular flexibility index (Phi) is 2.78. The largest absolute Gasteiger partial charge is 0.339 e. The molecule has 1 aromatic carbocycles. The van der Waals surface area contributed by atoms with Gasteiger partial charge in [0.25, 0.3) is 0 Å². The molecular weight excluding hydrogens is 241 g/mol. The molecule has 0 radical (unpaired) electrons. The first kappa shape index (κ1) is 11.8. The van der Waals surface area contributed by atoms with E-state index in [0.29, 0.717) is 17.7 Å². The lowest BCUT2D eigenvalue weighted by molar-refractivity contribution is 0.576. The summed E-state index contributed by atoms with van der Waals surface area (Å²) in [6.45, 7) is 4.33. The Morgan fingerprint density at radius 2 is 2.11 bits per heavy atom. The predicted molar refractivity (Wildman–Crippen MR) is 75.6 cm³/mol. The van der Waals surface area contributed by atoms with E-state index in [1.807, 2.05) is 30.2 Å². The molecular formula is C15H14FN3. The summed E-state index contributed by atoms with van der Waals surface area (Å²) in [5.41, 5.74) is 3.85. The maximum Gasteiger partial charge on any atom is 0.135 e. The molecule has 3 nitrogen and oxygen atoms in total. The van der Waals surface area contributed by atoms with E-state index in [-0.39, 0.29) is 5.82 Å². The van der Waals surface area contributed by atoms with Crippen molar-refractivity contribution in [1.82, 2.24) is 4.90 Å². The zero-order valence-corrected chi connectivity index (χ0v) is 10.9. The fraction of sp³-hybridized carbons (Fsp3) is 0.200. The first-order valence-electron chi connectivity index (χ1n) is 6.16. The van der Waals surface area contributed by atoms with E-state index in [1.54, 1.807) is 25.5 Å². The van der Waals surface area contributed by atoms with Gasteiger partial charge in [-0.2, -0.15) is 0 Å². The van der Waals surface area contributed by atoms with E-state index in [1.165, 1.54) is 0 Å². The summed E-state index contributed by atoms with van der Waals surface area (Å²) < 4.78 is 14.4. The first-order chi connectivity index (χ1) is 9.16. The summed E-state index contributed by atoms with van der Waals surface area (Å²) in [6, 6.07) is 3.75. The average Bonchev–Trinajstić information content (AvgIpc) is 2.55. The van der Waals surface area contributed by atoms with Gasteiger partial charge >= 0.3 is 0 Å². The van der Waals surface area contributed by atoms with E-state index in [0.717, 1.165) is 17.0 Å². The lowest BCUT2D eigenvalue weighted by Gasteiger charge is -2.24. The number of aliphatic imine (C=N–C) groups is 2. The fourth-order valence-electron chi connectivity index (χ4n) is 2.19. The molecule has 2 heterocycles. The second-order valence-corrected chi connectivity index (χ2v) is 4.71. The molecule has 0 saturated carbocycles. The smallest absolute Gasteiger partial charge is 0.135 e. The molecule has 0 unspecified atom stereocenters. The highest BCUT2D eigenvalue weighted by molar-refractivity contribution is 6.32. The number of hydrogen-bond donors (Lipinski definition) is 0. The minimum absolute atomic E-state index is 0.180. The third-order valence-electron chi connectivity index (χ3n) is 3.48. The Labute approximate surface area is 111 Å². The number of nitrogens with zero attached hydrogens (tertiary/aromatic N) is 3. The zero-order chi connectivity index (χ0) is 13.4. The van der Waals surface area contributed by atoms with Crippen molar-refractivity contribution in [2.75, 3.05) is 6.54 Å². The molecule has 1 aromatic rings.